The molecule has 0 aliphatic heterocycles. The maximum Gasteiger partial charge on any atom is 0.191 e. The monoisotopic (exact) mass is 532 g/mol. The van der Waals surface area contributed by atoms with Crippen LogP contribution in [0.25, 0.3) is 16.6 Å². The number of aromatic nitrogens is 3. The molecule has 0 saturated heterocycles. The van der Waals surface area contributed by atoms with E-state index in [4.69, 9.17) is 0 Å². The van der Waals surface area contributed by atoms with E-state index < -0.39 is 0 Å². The number of hydrogen-bond acceptors (Lipinski definition) is 2. The van der Waals surface area contributed by atoms with E-state index in [9.17, 15) is 4.39 Å². The number of nitrogens with one attached hydrogen (secondary N) is 3. The van der Waals surface area contributed by atoms with Crippen molar-refractivity contribution in [3.63, 3.8) is 0 Å². The molecule has 4 aromatic rings. The van der Waals surface area contributed by atoms with E-state index in [1.807, 2.05) is 48.3 Å². The first-order valence-electron chi connectivity index (χ1n) is 10.1. The van der Waals surface area contributed by atoms with Crippen molar-refractivity contribution in [1.29, 1.82) is 0 Å². The van der Waals surface area contributed by atoms with Gasteiger partial charge < -0.3 is 15.6 Å². The lowest BCUT2D eigenvalue weighted by atomic mass is 10.1. The molecule has 0 aliphatic rings. The summed E-state index contributed by atoms with van der Waals surface area (Å²) in [6.07, 6.45) is 6.44. The van der Waals surface area contributed by atoms with Crippen LogP contribution in [0.3, 0.4) is 0 Å². The van der Waals surface area contributed by atoms with Crippen molar-refractivity contribution in [3.8, 4) is 5.69 Å². The van der Waals surface area contributed by atoms with Gasteiger partial charge in [0.25, 0.3) is 0 Å². The topological polar surface area (TPSA) is 70.0 Å². The average molecular weight is 532 g/mol. The zero-order valence-electron chi connectivity index (χ0n) is 17.3. The number of halogens is 2. The van der Waals surface area contributed by atoms with Gasteiger partial charge in [0.2, 0.25) is 0 Å². The van der Waals surface area contributed by atoms with E-state index in [1.54, 1.807) is 6.20 Å². The van der Waals surface area contributed by atoms with Crippen molar-refractivity contribution < 1.29 is 4.39 Å². The molecular weight excluding hydrogens is 506 g/mol. The fourth-order valence-electron chi connectivity index (χ4n) is 3.37. The normalized spacial score (nSPS) is 11.4. The molecule has 2 heterocycles. The van der Waals surface area contributed by atoms with Crippen LogP contribution >= 0.6 is 24.0 Å². The predicted octanol–water partition coefficient (Wildman–Crippen LogP) is 4.41. The summed E-state index contributed by atoms with van der Waals surface area (Å²) in [4.78, 5) is 7.82. The zero-order chi connectivity index (χ0) is 20.8. The van der Waals surface area contributed by atoms with Gasteiger partial charge in [0, 0.05) is 42.6 Å². The number of aliphatic imine (C=N–C) groups is 1. The third-order valence-electron chi connectivity index (χ3n) is 4.89. The van der Waals surface area contributed by atoms with Gasteiger partial charge in [-0.1, -0.05) is 12.1 Å². The second-order valence-electron chi connectivity index (χ2n) is 6.99. The van der Waals surface area contributed by atoms with Crippen LogP contribution in [0.1, 0.15) is 18.1 Å². The number of rotatable bonds is 7. The molecule has 0 radical (unpaired) electrons. The fourth-order valence-corrected chi connectivity index (χ4v) is 3.37. The largest absolute Gasteiger partial charge is 0.361 e. The van der Waals surface area contributed by atoms with E-state index in [0.29, 0.717) is 6.54 Å². The quantitative estimate of drug-likeness (QED) is 0.188. The van der Waals surface area contributed by atoms with Gasteiger partial charge >= 0.3 is 0 Å². The minimum absolute atomic E-state index is 0. The van der Waals surface area contributed by atoms with E-state index in [0.717, 1.165) is 53.2 Å². The maximum atomic E-state index is 13.3. The summed E-state index contributed by atoms with van der Waals surface area (Å²) >= 11 is 0. The highest BCUT2D eigenvalue weighted by atomic mass is 127. The van der Waals surface area contributed by atoms with Crippen molar-refractivity contribution >= 4 is 40.8 Å². The Hall–Kier alpha value is -2.88. The minimum Gasteiger partial charge on any atom is -0.361 e. The SMILES string of the molecule is CCNC(=NCc1ccc(-n2cccn2)cc1)NCCc1c[nH]c2cc(F)ccc12.I. The average Bonchev–Trinajstić information content (AvgIpc) is 3.43. The smallest absolute Gasteiger partial charge is 0.191 e. The second kappa shape index (κ2) is 10.9. The number of fused-ring (bicyclic) bond motifs is 1. The lowest BCUT2D eigenvalue weighted by Gasteiger charge is -2.11. The standard InChI is InChI=1S/C23H25FN6.HI/c1-2-25-23(26-12-10-18-16-27-22-14-19(24)6-9-21(18)22)28-15-17-4-7-20(8-5-17)30-13-3-11-29-30;/h3-9,11,13-14,16,27H,2,10,12,15H2,1H3,(H2,25,26,28);1H. The molecule has 6 nitrogen and oxygen atoms in total. The van der Waals surface area contributed by atoms with Crippen LogP contribution < -0.4 is 10.6 Å². The summed E-state index contributed by atoms with van der Waals surface area (Å²) in [6, 6.07) is 15.0. The van der Waals surface area contributed by atoms with E-state index >= 15 is 0 Å². The highest BCUT2D eigenvalue weighted by Crippen LogP contribution is 2.19. The number of H-pyrrole nitrogens is 1. The number of nitrogens with zero attached hydrogens (tertiary/aromatic N) is 3. The number of guanidine groups is 1. The molecule has 0 bridgehead atoms. The fraction of sp³-hybridized carbons (Fsp3) is 0.217. The van der Waals surface area contributed by atoms with Crippen molar-refractivity contribution in [2.45, 2.75) is 19.9 Å². The van der Waals surface area contributed by atoms with E-state index in [1.165, 1.54) is 12.1 Å². The molecule has 162 valence electrons. The number of hydrogen-bond donors (Lipinski definition) is 3. The third-order valence-corrected chi connectivity index (χ3v) is 4.89. The molecule has 0 saturated carbocycles. The lowest BCUT2D eigenvalue weighted by molar-refractivity contribution is 0.629. The molecule has 2 aromatic heterocycles. The second-order valence-corrected chi connectivity index (χ2v) is 6.99. The number of benzene rings is 2. The van der Waals surface area contributed by atoms with Gasteiger partial charge in [0.1, 0.15) is 5.82 Å². The lowest BCUT2D eigenvalue weighted by Crippen LogP contribution is -2.38. The van der Waals surface area contributed by atoms with Crippen LogP contribution in [-0.4, -0.2) is 33.8 Å². The molecule has 31 heavy (non-hydrogen) atoms. The zero-order valence-corrected chi connectivity index (χ0v) is 19.6. The molecule has 4 rings (SSSR count). The first kappa shape index (κ1) is 22.8. The molecule has 0 fully saturated rings. The van der Waals surface area contributed by atoms with Gasteiger partial charge in [0.05, 0.1) is 12.2 Å². The van der Waals surface area contributed by atoms with Crippen molar-refractivity contribution in [3.05, 3.63) is 84.1 Å². The molecular formula is C23H26FIN6. The Kier molecular flexibility index (Phi) is 8.05. The number of aromatic amines is 1. The van der Waals surface area contributed by atoms with Gasteiger partial charge in [0.15, 0.2) is 5.96 Å². The van der Waals surface area contributed by atoms with Crippen LogP contribution in [0.5, 0.6) is 0 Å². The Bertz CT molecular complexity index is 1120. The third kappa shape index (κ3) is 5.84. The Morgan fingerprint density at radius 3 is 2.74 bits per heavy atom. The summed E-state index contributed by atoms with van der Waals surface area (Å²) in [5.41, 5.74) is 4.13. The molecule has 0 amide bonds. The predicted molar refractivity (Wildman–Crippen MR) is 134 cm³/mol. The Labute approximate surface area is 198 Å². The Morgan fingerprint density at radius 2 is 2.00 bits per heavy atom. The molecule has 0 spiro atoms. The van der Waals surface area contributed by atoms with Gasteiger partial charge in [-0.25, -0.2) is 14.1 Å². The van der Waals surface area contributed by atoms with Crippen molar-refractivity contribution in [2.24, 2.45) is 4.99 Å². The Morgan fingerprint density at radius 1 is 1.16 bits per heavy atom. The highest BCUT2D eigenvalue weighted by Gasteiger charge is 2.05. The highest BCUT2D eigenvalue weighted by molar-refractivity contribution is 14.0. The summed E-state index contributed by atoms with van der Waals surface area (Å²) in [5.74, 6) is 0.549. The van der Waals surface area contributed by atoms with Crippen LogP contribution in [0, 0.1) is 5.82 Å². The molecule has 0 unspecified atom stereocenters. The molecule has 3 N–H and O–H groups in total. The van der Waals surface area contributed by atoms with Crippen LogP contribution in [-0.2, 0) is 13.0 Å². The maximum absolute atomic E-state index is 13.3. The minimum atomic E-state index is -0.228. The summed E-state index contributed by atoms with van der Waals surface area (Å²) in [6.45, 7) is 4.15. The Balaban J connectivity index is 0.00000272. The molecule has 0 aliphatic carbocycles. The molecule has 2 aromatic carbocycles. The van der Waals surface area contributed by atoms with Gasteiger partial charge in [-0.3, -0.25) is 0 Å². The van der Waals surface area contributed by atoms with E-state index in [-0.39, 0.29) is 29.8 Å². The first-order valence-corrected chi connectivity index (χ1v) is 10.1. The van der Waals surface area contributed by atoms with Crippen LogP contribution in [0.2, 0.25) is 0 Å². The van der Waals surface area contributed by atoms with Crippen molar-refractivity contribution in [1.82, 2.24) is 25.4 Å². The van der Waals surface area contributed by atoms with Crippen LogP contribution in [0.4, 0.5) is 4.39 Å². The molecule has 8 heteroatoms. The molecule has 0 atom stereocenters. The summed E-state index contributed by atoms with van der Waals surface area (Å²) < 4.78 is 15.2. The first-order chi connectivity index (χ1) is 14.7. The van der Waals surface area contributed by atoms with Crippen molar-refractivity contribution in [2.75, 3.05) is 13.1 Å². The van der Waals surface area contributed by atoms with Gasteiger partial charge in [-0.05, 0) is 60.9 Å². The summed E-state index contributed by atoms with van der Waals surface area (Å²) in [5, 5.41) is 11.9. The van der Waals surface area contributed by atoms with Gasteiger partial charge in [-0.15, -0.1) is 24.0 Å². The van der Waals surface area contributed by atoms with Crippen LogP contribution in [0.15, 0.2) is 72.1 Å². The van der Waals surface area contributed by atoms with Gasteiger partial charge in [-0.2, -0.15) is 5.10 Å². The van der Waals surface area contributed by atoms with E-state index in [2.05, 4.69) is 37.8 Å². The summed E-state index contributed by atoms with van der Waals surface area (Å²) in [7, 11) is 0.